The molecule has 4 N–H and O–H groups in total. The maximum absolute atomic E-state index is 11.7. The SMILES string of the molecule is CO[C@H]1[C@H](n2ccc(N)nc2=O)O[C@@H]2C(O)[C@@]21O. The lowest BCUT2D eigenvalue weighted by atomic mass is 10.1. The number of hydrogen-bond donors (Lipinski definition) is 3. The lowest BCUT2D eigenvalue weighted by Gasteiger charge is -2.25. The second-order valence-corrected chi connectivity index (χ2v) is 4.48. The molecular weight excluding hydrogens is 242 g/mol. The molecule has 18 heavy (non-hydrogen) atoms. The summed E-state index contributed by atoms with van der Waals surface area (Å²) in [6.45, 7) is 0. The Balaban J connectivity index is 1.97. The Morgan fingerprint density at radius 1 is 1.67 bits per heavy atom. The molecule has 8 heteroatoms. The minimum Gasteiger partial charge on any atom is -0.387 e. The molecule has 1 saturated heterocycles. The van der Waals surface area contributed by atoms with Gasteiger partial charge in [-0.05, 0) is 6.07 Å². The minimum absolute atomic E-state index is 0.104. The number of methoxy groups -OCH3 is 1. The van der Waals surface area contributed by atoms with Gasteiger partial charge in [-0.25, -0.2) is 4.79 Å². The first-order chi connectivity index (χ1) is 8.50. The number of nitrogen functional groups attached to an aromatic ring is 1. The van der Waals surface area contributed by atoms with Gasteiger partial charge in [0, 0.05) is 13.3 Å². The van der Waals surface area contributed by atoms with Gasteiger partial charge < -0.3 is 25.4 Å². The van der Waals surface area contributed by atoms with Crippen LogP contribution in [0.25, 0.3) is 0 Å². The van der Waals surface area contributed by atoms with Crippen molar-refractivity contribution in [1.29, 1.82) is 0 Å². The lowest BCUT2D eigenvalue weighted by Crippen LogP contribution is -2.41. The fourth-order valence-electron chi connectivity index (χ4n) is 2.44. The normalized spacial score (nSPS) is 41.7. The number of ether oxygens (including phenoxy) is 2. The fourth-order valence-corrected chi connectivity index (χ4v) is 2.44. The summed E-state index contributed by atoms with van der Waals surface area (Å²) in [5.41, 5.74) is 3.34. The highest BCUT2D eigenvalue weighted by molar-refractivity contribution is 5.27. The van der Waals surface area contributed by atoms with E-state index < -0.39 is 35.8 Å². The quantitative estimate of drug-likeness (QED) is 0.550. The monoisotopic (exact) mass is 255 g/mol. The number of nitrogens with two attached hydrogens (primary N) is 1. The van der Waals surface area contributed by atoms with Gasteiger partial charge >= 0.3 is 5.69 Å². The van der Waals surface area contributed by atoms with Crippen molar-refractivity contribution in [3.63, 3.8) is 0 Å². The zero-order chi connectivity index (χ0) is 13.1. The van der Waals surface area contributed by atoms with Gasteiger partial charge in [0.1, 0.15) is 24.1 Å². The number of aliphatic hydroxyl groups is 2. The molecule has 1 aromatic heterocycles. The molecule has 1 unspecified atom stereocenters. The van der Waals surface area contributed by atoms with E-state index >= 15 is 0 Å². The van der Waals surface area contributed by atoms with E-state index in [1.54, 1.807) is 0 Å². The Kier molecular flexibility index (Phi) is 2.26. The molecule has 1 saturated carbocycles. The van der Waals surface area contributed by atoms with Crippen LogP contribution in [0.5, 0.6) is 0 Å². The highest BCUT2D eigenvalue weighted by Crippen LogP contribution is 2.54. The summed E-state index contributed by atoms with van der Waals surface area (Å²) in [4.78, 5) is 15.3. The van der Waals surface area contributed by atoms with Crippen molar-refractivity contribution < 1.29 is 19.7 Å². The van der Waals surface area contributed by atoms with Crippen LogP contribution in [-0.4, -0.2) is 50.8 Å². The number of hydrogen-bond acceptors (Lipinski definition) is 7. The molecular formula is C10H13N3O5. The van der Waals surface area contributed by atoms with E-state index in [9.17, 15) is 15.0 Å². The fraction of sp³-hybridized carbons (Fsp3) is 0.600. The molecule has 2 fully saturated rings. The zero-order valence-electron chi connectivity index (χ0n) is 9.56. The van der Waals surface area contributed by atoms with Crippen LogP contribution in [0.2, 0.25) is 0 Å². The number of aliphatic hydroxyl groups excluding tert-OH is 1. The van der Waals surface area contributed by atoms with Crippen LogP contribution in [0.3, 0.4) is 0 Å². The van der Waals surface area contributed by atoms with Crippen LogP contribution in [0.4, 0.5) is 5.82 Å². The van der Waals surface area contributed by atoms with Crippen LogP contribution >= 0.6 is 0 Å². The van der Waals surface area contributed by atoms with Gasteiger partial charge in [-0.15, -0.1) is 0 Å². The predicted octanol–water partition coefficient (Wildman–Crippen LogP) is -2.16. The average Bonchev–Trinajstić information content (AvgIpc) is 2.69. The van der Waals surface area contributed by atoms with Crippen LogP contribution in [0.15, 0.2) is 17.1 Å². The Labute approximate surface area is 102 Å². The van der Waals surface area contributed by atoms with Gasteiger partial charge in [0.25, 0.3) is 0 Å². The molecule has 8 nitrogen and oxygen atoms in total. The van der Waals surface area contributed by atoms with Gasteiger partial charge in [-0.2, -0.15) is 4.98 Å². The molecule has 1 aromatic rings. The largest absolute Gasteiger partial charge is 0.387 e. The van der Waals surface area contributed by atoms with Crippen molar-refractivity contribution in [3.05, 3.63) is 22.7 Å². The van der Waals surface area contributed by atoms with Crippen LogP contribution in [-0.2, 0) is 9.47 Å². The predicted molar refractivity (Wildman–Crippen MR) is 58.6 cm³/mol. The molecule has 5 atom stereocenters. The molecule has 2 heterocycles. The number of anilines is 1. The van der Waals surface area contributed by atoms with Gasteiger partial charge in [0.15, 0.2) is 11.8 Å². The Morgan fingerprint density at radius 2 is 2.39 bits per heavy atom. The van der Waals surface area contributed by atoms with Crippen LogP contribution in [0, 0.1) is 0 Å². The Morgan fingerprint density at radius 3 is 3.00 bits per heavy atom. The first kappa shape index (κ1) is 11.6. The molecule has 0 radical (unpaired) electrons. The van der Waals surface area contributed by atoms with E-state index in [2.05, 4.69) is 4.98 Å². The summed E-state index contributed by atoms with van der Waals surface area (Å²) in [5.74, 6) is 0.104. The number of nitrogens with zero attached hydrogens (tertiary/aromatic N) is 2. The van der Waals surface area contributed by atoms with Crippen molar-refractivity contribution >= 4 is 5.82 Å². The number of aromatic nitrogens is 2. The van der Waals surface area contributed by atoms with Crippen molar-refractivity contribution in [2.24, 2.45) is 0 Å². The highest BCUT2D eigenvalue weighted by atomic mass is 16.6. The van der Waals surface area contributed by atoms with E-state index in [1.807, 2.05) is 0 Å². The summed E-state index contributed by atoms with van der Waals surface area (Å²) in [6.07, 6.45) is -1.97. The third kappa shape index (κ3) is 1.28. The average molecular weight is 255 g/mol. The zero-order valence-corrected chi connectivity index (χ0v) is 9.56. The topological polar surface area (TPSA) is 120 Å². The molecule has 2 aliphatic rings. The third-order valence-electron chi connectivity index (χ3n) is 3.49. The molecule has 0 aromatic carbocycles. The minimum atomic E-state index is -1.46. The molecule has 1 aliphatic heterocycles. The van der Waals surface area contributed by atoms with Crippen molar-refractivity contribution in [3.8, 4) is 0 Å². The standard InChI is InChI=1S/C10H13N3O5/c1-17-7-8(18-6-5(14)10(6,7)16)13-3-2-4(11)12-9(13)15/h2-3,5-8,14,16H,1H3,(H2,11,12,15)/t5?,6-,7+,8-,10-/m1/s1. The second-order valence-electron chi connectivity index (χ2n) is 4.48. The van der Waals surface area contributed by atoms with Gasteiger partial charge in [-0.1, -0.05) is 0 Å². The second kappa shape index (κ2) is 3.51. The molecule has 0 bridgehead atoms. The van der Waals surface area contributed by atoms with Crippen LogP contribution in [0.1, 0.15) is 6.23 Å². The van der Waals surface area contributed by atoms with Gasteiger partial charge in [0.2, 0.25) is 0 Å². The van der Waals surface area contributed by atoms with Crippen molar-refractivity contribution in [2.75, 3.05) is 12.8 Å². The molecule has 3 rings (SSSR count). The van der Waals surface area contributed by atoms with E-state index in [1.165, 1.54) is 23.9 Å². The van der Waals surface area contributed by atoms with Crippen molar-refractivity contribution in [2.45, 2.75) is 30.1 Å². The van der Waals surface area contributed by atoms with Crippen molar-refractivity contribution in [1.82, 2.24) is 9.55 Å². The number of rotatable bonds is 2. The summed E-state index contributed by atoms with van der Waals surface area (Å²) < 4.78 is 11.7. The highest BCUT2D eigenvalue weighted by Gasteiger charge is 2.77. The molecule has 98 valence electrons. The summed E-state index contributed by atoms with van der Waals surface area (Å²) in [7, 11) is 1.38. The van der Waals surface area contributed by atoms with Crippen LogP contribution < -0.4 is 11.4 Å². The van der Waals surface area contributed by atoms with E-state index in [0.717, 1.165) is 0 Å². The number of fused-ring (bicyclic) bond motifs is 1. The third-order valence-corrected chi connectivity index (χ3v) is 3.49. The van der Waals surface area contributed by atoms with E-state index in [0.29, 0.717) is 0 Å². The lowest BCUT2D eigenvalue weighted by molar-refractivity contribution is -0.113. The molecule has 1 aliphatic carbocycles. The smallest absolute Gasteiger partial charge is 0.351 e. The Bertz CT molecular complexity index is 547. The van der Waals surface area contributed by atoms with E-state index in [-0.39, 0.29) is 5.82 Å². The summed E-state index contributed by atoms with van der Waals surface area (Å²) >= 11 is 0. The molecule has 0 spiro atoms. The summed E-state index contributed by atoms with van der Waals surface area (Å²) in [6, 6.07) is 1.45. The maximum Gasteiger partial charge on any atom is 0.351 e. The first-order valence-corrected chi connectivity index (χ1v) is 5.43. The molecule has 0 amide bonds. The Hall–Kier alpha value is -1.48. The first-order valence-electron chi connectivity index (χ1n) is 5.43. The van der Waals surface area contributed by atoms with E-state index in [4.69, 9.17) is 15.2 Å². The summed E-state index contributed by atoms with van der Waals surface area (Å²) in [5, 5.41) is 19.6. The van der Waals surface area contributed by atoms with Gasteiger partial charge in [0.05, 0.1) is 0 Å². The van der Waals surface area contributed by atoms with Gasteiger partial charge in [-0.3, -0.25) is 4.57 Å². The maximum atomic E-state index is 11.7.